The Hall–Kier alpha value is -1.81. The van der Waals surface area contributed by atoms with E-state index in [2.05, 4.69) is 4.98 Å². The Morgan fingerprint density at radius 3 is 2.65 bits per heavy atom. The Morgan fingerprint density at radius 1 is 1.29 bits per heavy atom. The van der Waals surface area contributed by atoms with Gasteiger partial charge in [-0.3, -0.25) is 0 Å². The Labute approximate surface area is 101 Å². The van der Waals surface area contributed by atoms with Crippen LogP contribution in [0, 0.1) is 6.92 Å². The van der Waals surface area contributed by atoms with Gasteiger partial charge in [0.2, 0.25) is 5.89 Å². The molecule has 0 amide bonds. The molecule has 1 heterocycles. The molecule has 2 aromatic rings. The molecule has 4 heteroatoms. The van der Waals surface area contributed by atoms with E-state index in [4.69, 9.17) is 9.52 Å². The number of aromatic nitrogens is 1. The minimum Gasteiger partial charge on any atom is -0.444 e. The lowest BCUT2D eigenvalue weighted by Gasteiger charge is -2.22. The van der Waals surface area contributed by atoms with E-state index in [1.54, 1.807) is 6.20 Å². The first-order chi connectivity index (χ1) is 8.29. The molecular weight excluding hydrogens is 216 g/mol. The van der Waals surface area contributed by atoms with Crippen LogP contribution in [0.3, 0.4) is 0 Å². The van der Waals surface area contributed by atoms with Gasteiger partial charge in [-0.1, -0.05) is 18.2 Å². The topological polar surface area (TPSA) is 49.5 Å². The second-order valence-corrected chi connectivity index (χ2v) is 3.85. The fraction of sp³-hybridized carbons (Fsp3) is 0.308. The van der Waals surface area contributed by atoms with Crippen molar-refractivity contribution in [1.82, 2.24) is 4.98 Å². The molecule has 0 radical (unpaired) electrons. The van der Waals surface area contributed by atoms with E-state index >= 15 is 0 Å². The fourth-order valence-corrected chi connectivity index (χ4v) is 1.70. The lowest BCUT2D eigenvalue weighted by atomic mass is 10.3. The van der Waals surface area contributed by atoms with Crippen LogP contribution in [0.5, 0.6) is 0 Å². The molecule has 90 valence electrons. The molecule has 0 aliphatic heterocycles. The van der Waals surface area contributed by atoms with Crippen LogP contribution in [0.25, 0.3) is 0 Å². The van der Waals surface area contributed by atoms with Gasteiger partial charge in [0, 0.05) is 12.2 Å². The summed E-state index contributed by atoms with van der Waals surface area (Å²) in [5.74, 6) is 1.47. The third-order valence-electron chi connectivity index (χ3n) is 2.49. The highest BCUT2D eigenvalue weighted by molar-refractivity contribution is 5.45. The molecule has 0 saturated carbocycles. The molecule has 0 saturated heterocycles. The highest BCUT2D eigenvalue weighted by atomic mass is 16.4. The molecule has 0 fully saturated rings. The molecule has 17 heavy (non-hydrogen) atoms. The lowest BCUT2D eigenvalue weighted by molar-refractivity contribution is 0.299. The van der Waals surface area contributed by atoms with Crippen molar-refractivity contribution in [2.24, 2.45) is 0 Å². The van der Waals surface area contributed by atoms with Crippen molar-refractivity contribution in [3.8, 4) is 0 Å². The Balaban J connectivity index is 2.13. The number of para-hydroxylation sites is 1. The van der Waals surface area contributed by atoms with Gasteiger partial charge in [0.25, 0.3) is 0 Å². The first kappa shape index (κ1) is 11.7. The van der Waals surface area contributed by atoms with Crippen LogP contribution in [-0.4, -0.2) is 23.2 Å². The van der Waals surface area contributed by atoms with Gasteiger partial charge >= 0.3 is 0 Å². The van der Waals surface area contributed by atoms with Gasteiger partial charge in [0.05, 0.1) is 19.3 Å². The van der Waals surface area contributed by atoms with Crippen LogP contribution in [0.2, 0.25) is 0 Å². The minimum absolute atomic E-state index is 0.106. The summed E-state index contributed by atoms with van der Waals surface area (Å²) in [5.41, 5.74) is 1.05. The summed E-state index contributed by atoms with van der Waals surface area (Å²) in [6.45, 7) is 3.10. The van der Waals surface area contributed by atoms with Gasteiger partial charge in [-0.25, -0.2) is 4.98 Å². The summed E-state index contributed by atoms with van der Waals surface area (Å²) >= 11 is 0. The summed E-state index contributed by atoms with van der Waals surface area (Å²) in [4.78, 5) is 6.21. The quantitative estimate of drug-likeness (QED) is 0.856. The summed E-state index contributed by atoms with van der Waals surface area (Å²) in [7, 11) is 0. The van der Waals surface area contributed by atoms with Crippen LogP contribution in [0.15, 0.2) is 40.9 Å². The molecule has 0 unspecified atom stereocenters. The minimum atomic E-state index is 0.106. The van der Waals surface area contributed by atoms with Crippen molar-refractivity contribution in [2.45, 2.75) is 13.5 Å². The summed E-state index contributed by atoms with van der Waals surface area (Å²) in [6, 6.07) is 9.92. The van der Waals surface area contributed by atoms with Crippen LogP contribution in [0.1, 0.15) is 11.7 Å². The van der Waals surface area contributed by atoms with E-state index in [-0.39, 0.29) is 6.61 Å². The van der Waals surface area contributed by atoms with Crippen LogP contribution < -0.4 is 4.90 Å². The number of aliphatic hydroxyl groups excluding tert-OH is 1. The number of benzene rings is 1. The maximum Gasteiger partial charge on any atom is 0.213 e. The molecule has 0 aliphatic carbocycles. The third kappa shape index (κ3) is 3.07. The number of aryl methyl sites for hydroxylation is 1. The average molecular weight is 232 g/mol. The number of oxazole rings is 1. The number of hydrogen-bond acceptors (Lipinski definition) is 4. The number of aliphatic hydroxyl groups is 1. The first-order valence-electron chi connectivity index (χ1n) is 5.62. The predicted molar refractivity (Wildman–Crippen MR) is 65.8 cm³/mol. The maximum atomic E-state index is 9.09. The first-order valence-corrected chi connectivity index (χ1v) is 5.62. The zero-order chi connectivity index (χ0) is 12.1. The van der Waals surface area contributed by atoms with E-state index in [0.717, 1.165) is 11.4 Å². The van der Waals surface area contributed by atoms with Crippen molar-refractivity contribution in [1.29, 1.82) is 0 Å². The summed E-state index contributed by atoms with van der Waals surface area (Å²) in [6.07, 6.45) is 1.71. The predicted octanol–water partition coefficient (Wildman–Crippen LogP) is 1.98. The molecule has 0 bridgehead atoms. The number of rotatable bonds is 5. The Bertz CT molecular complexity index is 453. The monoisotopic (exact) mass is 232 g/mol. The van der Waals surface area contributed by atoms with Gasteiger partial charge < -0.3 is 14.4 Å². The van der Waals surface area contributed by atoms with E-state index in [1.165, 1.54) is 0 Å². The SMILES string of the molecule is Cc1cnc(CN(CCO)c2ccccc2)o1. The van der Waals surface area contributed by atoms with Gasteiger partial charge in [-0.05, 0) is 19.1 Å². The maximum absolute atomic E-state index is 9.09. The highest BCUT2D eigenvalue weighted by Gasteiger charge is 2.09. The van der Waals surface area contributed by atoms with E-state index < -0.39 is 0 Å². The largest absolute Gasteiger partial charge is 0.444 e. The summed E-state index contributed by atoms with van der Waals surface area (Å²) in [5, 5.41) is 9.09. The molecule has 1 aromatic carbocycles. The zero-order valence-corrected chi connectivity index (χ0v) is 9.84. The van der Waals surface area contributed by atoms with E-state index in [1.807, 2.05) is 42.2 Å². The third-order valence-corrected chi connectivity index (χ3v) is 2.49. The molecule has 0 aliphatic rings. The Kier molecular flexibility index (Phi) is 3.77. The van der Waals surface area contributed by atoms with Crippen molar-refractivity contribution >= 4 is 5.69 Å². The molecule has 2 rings (SSSR count). The second kappa shape index (κ2) is 5.50. The van der Waals surface area contributed by atoms with Gasteiger partial charge in [0.1, 0.15) is 5.76 Å². The Morgan fingerprint density at radius 2 is 2.06 bits per heavy atom. The van der Waals surface area contributed by atoms with Crippen LogP contribution in [-0.2, 0) is 6.54 Å². The van der Waals surface area contributed by atoms with Gasteiger partial charge in [0.15, 0.2) is 0 Å². The average Bonchev–Trinajstić information content (AvgIpc) is 2.75. The molecule has 0 atom stereocenters. The van der Waals surface area contributed by atoms with E-state index in [0.29, 0.717) is 19.0 Å². The molecule has 1 N–H and O–H groups in total. The zero-order valence-electron chi connectivity index (χ0n) is 9.84. The smallest absolute Gasteiger partial charge is 0.213 e. The number of hydrogen-bond donors (Lipinski definition) is 1. The molecule has 4 nitrogen and oxygen atoms in total. The van der Waals surface area contributed by atoms with Crippen LogP contribution in [0.4, 0.5) is 5.69 Å². The van der Waals surface area contributed by atoms with Crippen molar-refractivity contribution in [3.05, 3.63) is 48.2 Å². The second-order valence-electron chi connectivity index (χ2n) is 3.85. The molecular formula is C13H16N2O2. The van der Waals surface area contributed by atoms with Crippen molar-refractivity contribution in [2.75, 3.05) is 18.1 Å². The van der Waals surface area contributed by atoms with Crippen LogP contribution >= 0.6 is 0 Å². The van der Waals surface area contributed by atoms with Crippen molar-refractivity contribution < 1.29 is 9.52 Å². The van der Waals surface area contributed by atoms with Crippen molar-refractivity contribution in [3.63, 3.8) is 0 Å². The normalized spacial score (nSPS) is 10.5. The van der Waals surface area contributed by atoms with E-state index in [9.17, 15) is 0 Å². The fourth-order valence-electron chi connectivity index (χ4n) is 1.70. The molecule has 0 spiro atoms. The standard InChI is InChI=1S/C13H16N2O2/c1-11-9-14-13(17-11)10-15(7-8-16)12-5-3-2-4-6-12/h2-6,9,16H,7-8,10H2,1H3. The summed E-state index contributed by atoms with van der Waals surface area (Å²) < 4.78 is 5.45. The van der Waals surface area contributed by atoms with Gasteiger partial charge in [-0.15, -0.1) is 0 Å². The lowest BCUT2D eigenvalue weighted by Crippen LogP contribution is -2.26. The molecule has 1 aromatic heterocycles. The number of nitrogens with zero attached hydrogens (tertiary/aromatic N) is 2. The number of anilines is 1. The highest BCUT2D eigenvalue weighted by Crippen LogP contribution is 2.16. The van der Waals surface area contributed by atoms with Gasteiger partial charge in [-0.2, -0.15) is 0 Å².